The largest absolute Gasteiger partial charge is 0.361 e. The summed E-state index contributed by atoms with van der Waals surface area (Å²) in [6.45, 7) is 2.10. The van der Waals surface area contributed by atoms with Crippen molar-refractivity contribution in [2.24, 2.45) is 11.7 Å². The minimum Gasteiger partial charge on any atom is -0.361 e. The average molecular weight is 299 g/mol. The third-order valence-corrected chi connectivity index (χ3v) is 4.93. The number of hydrogen-bond acceptors (Lipinski definition) is 2. The number of hydrogen-bond donors (Lipinski definition) is 3. The molecule has 1 saturated carbocycles. The van der Waals surface area contributed by atoms with Crippen molar-refractivity contribution >= 4 is 16.8 Å². The van der Waals surface area contributed by atoms with Crippen LogP contribution in [-0.4, -0.2) is 23.0 Å². The van der Waals surface area contributed by atoms with Crippen LogP contribution in [0.25, 0.3) is 10.9 Å². The van der Waals surface area contributed by atoms with Crippen LogP contribution in [0.15, 0.2) is 30.5 Å². The SMILES string of the molecule is CC(NC(=O)[C@@H](N)Cc1c[nH]c2ccccc12)C1CCCC1. The van der Waals surface area contributed by atoms with E-state index >= 15 is 0 Å². The van der Waals surface area contributed by atoms with E-state index in [1.165, 1.54) is 25.7 Å². The summed E-state index contributed by atoms with van der Waals surface area (Å²) in [7, 11) is 0. The molecule has 0 aliphatic heterocycles. The van der Waals surface area contributed by atoms with Crippen LogP contribution in [0.1, 0.15) is 38.2 Å². The van der Waals surface area contributed by atoms with Gasteiger partial charge in [-0.2, -0.15) is 0 Å². The molecule has 0 saturated heterocycles. The van der Waals surface area contributed by atoms with Gasteiger partial charge < -0.3 is 16.0 Å². The number of para-hydroxylation sites is 1. The Hall–Kier alpha value is -1.81. The summed E-state index contributed by atoms with van der Waals surface area (Å²) >= 11 is 0. The second kappa shape index (κ2) is 6.53. The zero-order chi connectivity index (χ0) is 15.5. The van der Waals surface area contributed by atoms with E-state index in [1.807, 2.05) is 24.4 Å². The van der Waals surface area contributed by atoms with Gasteiger partial charge in [-0.1, -0.05) is 31.0 Å². The number of aromatic nitrogens is 1. The minimum atomic E-state index is -0.497. The van der Waals surface area contributed by atoms with E-state index in [4.69, 9.17) is 5.73 Å². The van der Waals surface area contributed by atoms with E-state index in [9.17, 15) is 4.79 Å². The molecule has 1 unspecified atom stereocenters. The summed E-state index contributed by atoms with van der Waals surface area (Å²) in [6, 6.07) is 7.83. The van der Waals surface area contributed by atoms with Gasteiger partial charge in [0.2, 0.25) is 5.91 Å². The number of fused-ring (bicyclic) bond motifs is 1. The van der Waals surface area contributed by atoms with Crippen molar-refractivity contribution < 1.29 is 4.79 Å². The predicted molar refractivity (Wildman–Crippen MR) is 89.5 cm³/mol. The molecule has 1 aliphatic carbocycles. The topological polar surface area (TPSA) is 70.9 Å². The van der Waals surface area contributed by atoms with Gasteiger partial charge in [0.05, 0.1) is 6.04 Å². The lowest BCUT2D eigenvalue weighted by Gasteiger charge is -2.22. The molecule has 4 nitrogen and oxygen atoms in total. The molecule has 0 radical (unpaired) electrons. The van der Waals surface area contributed by atoms with E-state index in [-0.39, 0.29) is 11.9 Å². The van der Waals surface area contributed by atoms with Crippen molar-refractivity contribution in [3.8, 4) is 0 Å². The molecule has 3 rings (SSSR count). The molecule has 0 bridgehead atoms. The number of nitrogens with two attached hydrogens (primary N) is 1. The standard InChI is InChI=1S/C18H25N3O/c1-12(13-6-2-3-7-13)21-18(22)16(19)10-14-11-20-17-9-5-4-8-15(14)17/h4-5,8-9,11-13,16,20H,2-3,6-7,10,19H2,1H3,(H,21,22)/t12?,16-/m0/s1. The lowest BCUT2D eigenvalue weighted by atomic mass is 9.99. The van der Waals surface area contributed by atoms with Crippen LogP contribution in [0.4, 0.5) is 0 Å². The number of carbonyl (C=O) groups is 1. The Bertz CT molecular complexity index is 643. The third kappa shape index (κ3) is 3.17. The van der Waals surface area contributed by atoms with Crippen molar-refractivity contribution in [1.29, 1.82) is 0 Å². The number of carbonyl (C=O) groups excluding carboxylic acids is 1. The van der Waals surface area contributed by atoms with E-state index in [0.29, 0.717) is 12.3 Å². The van der Waals surface area contributed by atoms with Gasteiger partial charge in [0.25, 0.3) is 0 Å². The van der Waals surface area contributed by atoms with Crippen molar-refractivity contribution in [2.45, 2.75) is 51.1 Å². The summed E-state index contributed by atoms with van der Waals surface area (Å²) in [5.41, 5.74) is 8.31. The fraction of sp³-hybridized carbons (Fsp3) is 0.500. The van der Waals surface area contributed by atoms with E-state index < -0.39 is 6.04 Å². The number of H-pyrrole nitrogens is 1. The Morgan fingerprint density at radius 3 is 2.86 bits per heavy atom. The van der Waals surface area contributed by atoms with Gasteiger partial charge in [-0.3, -0.25) is 4.79 Å². The predicted octanol–water partition coefficient (Wildman–Crippen LogP) is 2.73. The second-order valence-corrected chi connectivity index (χ2v) is 6.51. The molecule has 1 fully saturated rings. The molecule has 4 heteroatoms. The molecule has 1 amide bonds. The van der Waals surface area contributed by atoms with Crippen LogP contribution in [-0.2, 0) is 11.2 Å². The number of benzene rings is 1. The molecule has 1 aromatic carbocycles. The lowest BCUT2D eigenvalue weighted by Crippen LogP contribution is -2.47. The molecule has 1 aromatic heterocycles. The monoisotopic (exact) mass is 299 g/mol. The molecule has 0 spiro atoms. The molecular weight excluding hydrogens is 274 g/mol. The second-order valence-electron chi connectivity index (χ2n) is 6.51. The lowest BCUT2D eigenvalue weighted by molar-refractivity contribution is -0.123. The molecule has 1 heterocycles. The molecular formula is C18H25N3O. The zero-order valence-corrected chi connectivity index (χ0v) is 13.1. The number of nitrogens with one attached hydrogen (secondary N) is 2. The van der Waals surface area contributed by atoms with Crippen molar-refractivity contribution in [1.82, 2.24) is 10.3 Å². The van der Waals surface area contributed by atoms with Crippen LogP contribution in [0.3, 0.4) is 0 Å². The normalized spacial score (nSPS) is 18.5. The van der Waals surface area contributed by atoms with E-state index in [0.717, 1.165) is 16.5 Å². The first-order valence-electron chi connectivity index (χ1n) is 8.26. The highest BCUT2D eigenvalue weighted by Gasteiger charge is 2.25. The number of rotatable bonds is 5. The Morgan fingerprint density at radius 2 is 2.09 bits per heavy atom. The van der Waals surface area contributed by atoms with Gasteiger partial charge >= 0.3 is 0 Å². The summed E-state index contributed by atoms with van der Waals surface area (Å²) in [5, 5.41) is 4.26. The smallest absolute Gasteiger partial charge is 0.237 e. The molecule has 2 aromatic rings. The zero-order valence-electron chi connectivity index (χ0n) is 13.1. The maximum atomic E-state index is 12.3. The van der Waals surface area contributed by atoms with Gasteiger partial charge in [-0.25, -0.2) is 0 Å². The molecule has 1 aliphatic rings. The highest BCUT2D eigenvalue weighted by atomic mass is 16.2. The van der Waals surface area contributed by atoms with Crippen molar-refractivity contribution in [3.63, 3.8) is 0 Å². The Labute approximate surface area is 131 Å². The molecule has 4 N–H and O–H groups in total. The average Bonchev–Trinajstić information content (AvgIpc) is 3.17. The third-order valence-electron chi connectivity index (χ3n) is 4.93. The van der Waals surface area contributed by atoms with Crippen LogP contribution in [0, 0.1) is 5.92 Å². The van der Waals surface area contributed by atoms with Gasteiger partial charge in [-0.05, 0) is 43.7 Å². The molecule has 22 heavy (non-hydrogen) atoms. The first kappa shape index (κ1) is 15.1. The van der Waals surface area contributed by atoms with Crippen LogP contribution < -0.4 is 11.1 Å². The van der Waals surface area contributed by atoms with Crippen LogP contribution in [0.5, 0.6) is 0 Å². The number of aromatic amines is 1. The van der Waals surface area contributed by atoms with Crippen LogP contribution in [0.2, 0.25) is 0 Å². The highest BCUT2D eigenvalue weighted by Crippen LogP contribution is 2.27. The van der Waals surface area contributed by atoms with Crippen molar-refractivity contribution in [3.05, 3.63) is 36.0 Å². The van der Waals surface area contributed by atoms with Gasteiger partial charge in [-0.15, -0.1) is 0 Å². The molecule has 118 valence electrons. The first-order chi connectivity index (χ1) is 10.6. The van der Waals surface area contributed by atoms with E-state index in [1.54, 1.807) is 0 Å². The summed E-state index contributed by atoms with van der Waals surface area (Å²) in [6.07, 6.45) is 7.53. The van der Waals surface area contributed by atoms with Gasteiger partial charge in [0.15, 0.2) is 0 Å². The molecule has 2 atom stereocenters. The van der Waals surface area contributed by atoms with Gasteiger partial charge in [0, 0.05) is 23.1 Å². The summed E-state index contributed by atoms with van der Waals surface area (Å²) in [5.74, 6) is 0.578. The Kier molecular flexibility index (Phi) is 4.48. The van der Waals surface area contributed by atoms with E-state index in [2.05, 4.69) is 23.3 Å². The quantitative estimate of drug-likeness (QED) is 0.794. The Balaban J connectivity index is 1.61. The summed E-state index contributed by atoms with van der Waals surface area (Å²) < 4.78 is 0. The minimum absolute atomic E-state index is 0.0373. The Morgan fingerprint density at radius 1 is 1.36 bits per heavy atom. The fourth-order valence-corrected chi connectivity index (χ4v) is 3.54. The fourth-order valence-electron chi connectivity index (χ4n) is 3.54. The van der Waals surface area contributed by atoms with Gasteiger partial charge in [0.1, 0.15) is 0 Å². The highest BCUT2D eigenvalue weighted by molar-refractivity contribution is 5.86. The number of amides is 1. The summed E-state index contributed by atoms with van der Waals surface area (Å²) in [4.78, 5) is 15.6. The first-order valence-corrected chi connectivity index (χ1v) is 8.26. The maximum Gasteiger partial charge on any atom is 0.237 e. The van der Waals surface area contributed by atoms with Crippen LogP contribution >= 0.6 is 0 Å². The maximum absolute atomic E-state index is 12.3. The van der Waals surface area contributed by atoms with Crippen molar-refractivity contribution in [2.75, 3.05) is 0 Å².